The minimum atomic E-state index is -2.33. The molecule has 0 spiro atoms. The molecule has 0 aliphatic rings. The fraction of sp³-hybridized carbons (Fsp3) is 0.643. The lowest BCUT2D eigenvalue weighted by Gasteiger charge is -2.36. The Balaban J connectivity index is 2.68. The number of hydrogen-bond donors (Lipinski definition) is 1. The average molecular weight is 400 g/mol. The lowest BCUT2D eigenvalue weighted by molar-refractivity contribution is -0.137. The molecule has 0 saturated heterocycles. The van der Waals surface area contributed by atoms with Crippen molar-refractivity contribution in [1.29, 1.82) is 0 Å². The molecule has 1 rings (SSSR count). The quantitative estimate of drug-likeness (QED) is 0.157. The molecular weight excluding hydrogens is 374 g/mol. The Morgan fingerprint density at radius 3 is 2.48 bits per heavy atom. The van der Waals surface area contributed by atoms with E-state index in [4.69, 9.17) is 9.65 Å². The Morgan fingerprint density at radius 2 is 2.00 bits per heavy atom. The molecule has 1 unspecified atom stereocenters. The van der Waals surface area contributed by atoms with Gasteiger partial charge in [-0.15, -0.1) is 0 Å². The van der Waals surface area contributed by atoms with Gasteiger partial charge in [0.25, 0.3) is 0 Å². The number of hydrogen-bond acceptors (Lipinski definition) is 6. The van der Waals surface area contributed by atoms with Crippen molar-refractivity contribution in [1.82, 2.24) is 9.97 Å². The van der Waals surface area contributed by atoms with Crippen LogP contribution in [0.25, 0.3) is 10.4 Å². The second-order valence-electron chi connectivity index (χ2n) is 6.82. The van der Waals surface area contributed by atoms with Crippen molar-refractivity contribution in [2.24, 2.45) is 5.11 Å². The van der Waals surface area contributed by atoms with E-state index in [0.717, 1.165) is 10.9 Å². The van der Waals surface area contributed by atoms with Crippen molar-refractivity contribution in [2.75, 3.05) is 5.38 Å². The maximum Gasteiger partial charge on any atom is 0.306 e. The Kier molecular flexibility index (Phi) is 8.09. The van der Waals surface area contributed by atoms with E-state index in [1.54, 1.807) is 12.4 Å². The minimum absolute atomic E-state index is 0.234. The van der Waals surface area contributed by atoms with Crippen molar-refractivity contribution < 1.29 is 14.0 Å². The number of carboxylic acids is 1. The summed E-state index contributed by atoms with van der Waals surface area (Å²) in [6.07, 6.45) is 3.88. The van der Waals surface area contributed by atoms with Gasteiger partial charge >= 0.3 is 5.97 Å². The van der Waals surface area contributed by atoms with Crippen LogP contribution in [0.5, 0.6) is 0 Å². The highest BCUT2D eigenvalue weighted by molar-refractivity contribution is 8.00. The molecule has 1 aromatic heterocycles. The Morgan fingerprint density at radius 1 is 1.40 bits per heavy atom. The summed E-state index contributed by atoms with van der Waals surface area (Å²) in [4.78, 5) is 22.7. The normalized spacial score (nSPS) is 13.2. The molecule has 0 bridgehead atoms. The molecule has 0 aliphatic heterocycles. The number of thioether (sulfide) groups is 1. The molecule has 0 aromatic carbocycles. The predicted molar refractivity (Wildman–Crippen MR) is 103 cm³/mol. The lowest BCUT2D eigenvalue weighted by atomic mass is 10.3. The van der Waals surface area contributed by atoms with Crippen LogP contribution in [0.4, 0.5) is 0 Å². The Hall–Kier alpha value is -1.40. The summed E-state index contributed by atoms with van der Waals surface area (Å²) in [5, 5.41) is 14.3. The molecule has 0 radical (unpaired) electrons. The van der Waals surface area contributed by atoms with Crippen molar-refractivity contribution in [3.05, 3.63) is 28.4 Å². The van der Waals surface area contributed by atoms with Crippen LogP contribution in [-0.4, -0.2) is 43.1 Å². The summed E-state index contributed by atoms with van der Waals surface area (Å²) >= 11 is 1.51. The van der Waals surface area contributed by atoms with Crippen molar-refractivity contribution in [3.63, 3.8) is 0 Å². The van der Waals surface area contributed by atoms with Crippen molar-refractivity contribution >= 4 is 34.4 Å². The zero-order chi connectivity index (χ0) is 19.1. The number of nitrogens with zero attached hydrogens (tertiary/aromatic N) is 5. The molecule has 8 nitrogen and oxygen atoms in total. The van der Waals surface area contributed by atoms with E-state index in [1.807, 2.05) is 20.0 Å². The van der Waals surface area contributed by atoms with Crippen molar-refractivity contribution in [3.8, 4) is 0 Å². The molecule has 0 amide bonds. The van der Waals surface area contributed by atoms with Crippen LogP contribution < -0.4 is 0 Å². The standard InChI is InChI=1S/C14H25N5O3SSi2/c1-6-12(13(20)21)25(4,5)22-24(2,3)10-23-14-16-7-11(8-17-14)9-18-19-15/h7-8,12H,6,9-10H2,1-5H3,(H,20,21). The van der Waals surface area contributed by atoms with Gasteiger partial charge in [-0.1, -0.05) is 23.8 Å². The van der Waals surface area contributed by atoms with Gasteiger partial charge in [0.15, 0.2) is 21.8 Å². The van der Waals surface area contributed by atoms with Gasteiger partial charge in [-0.2, -0.15) is 0 Å². The number of aliphatic carboxylic acids is 1. The maximum atomic E-state index is 11.5. The zero-order valence-electron chi connectivity index (χ0n) is 15.3. The van der Waals surface area contributed by atoms with Gasteiger partial charge in [0.2, 0.25) is 0 Å². The highest BCUT2D eigenvalue weighted by Gasteiger charge is 2.42. The van der Waals surface area contributed by atoms with Crippen LogP contribution in [-0.2, 0) is 15.5 Å². The van der Waals surface area contributed by atoms with Crippen LogP contribution >= 0.6 is 11.8 Å². The third-order valence-corrected chi connectivity index (χ3v) is 14.1. The van der Waals surface area contributed by atoms with Gasteiger partial charge in [0.05, 0.1) is 12.1 Å². The first-order valence-electron chi connectivity index (χ1n) is 7.99. The number of carbonyl (C=O) groups is 1. The highest BCUT2D eigenvalue weighted by atomic mass is 32.2. The first-order valence-corrected chi connectivity index (χ1v) is 15.1. The average Bonchev–Trinajstić information content (AvgIpc) is 2.51. The van der Waals surface area contributed by atoms with Gasteiger partial charge in [-0.05, 0) is 43.7 Å². The molecule has 1 atom stereocenters. The van der Waals surface area contributed by atoms with E-state index >= 15 is 0 Å². The van der Waals surface area contributed by atoms with E-state index in [1.165, 1.54) is 11.8 Å². The van der Waals surface area contributed by atoms with Gasteiger partial charge < -0.3 is 9.22 Å². The third kappa shape index (κ3) is 7.16. The molecule has 1 heterocycles. The summed E-state index contributed by atoms with van der Waals surface area (Å²) in [5.41, 5.74) is 8.67. The van der Waals surface area contributed by atoms with E-state index in [-0.39, 0.29) is 6.54 Å². The SMILES string of the molecule is CCC(C(=O)O)[Si](C)(C)O[Si](C)(C)CSc1ncc(CN=[N+]=[N-])cn1. The van der Waals surface area contributed by atoms with Crippen LogP contribution in [0.2, 0.25) is 31.7 Å². The smallest absolute Gasteiger partial charge is 0.306 e. The van der Waals surface area contributed by atoms with E-state index in [2.05, 4.69) is 33.1 Å². The molecule has 0 saturated carbocycles. The van der Waals surface area contributed by atoms with E-state index < -0.39 is 28.1 Å². The summed E-state index contributed by atoms with van der Waals surface area (Å²) in [6.45, 7) is 10.3. The van der Waals surface area contributed by atoms with Gasteiger partial charge in [0.1, 0.15) is 0 Å². The fourth-order valence-corrected chi connectivity index (χ4v) is 13.4. The second kappa shape index (κ2) is 9.34. The molecular formula is C14H25N5O3SSi2. The zero-order valence-corrected chi connectivity index (χ0v) is 18.1. The molecule has 0 fully saturated rings. The van der Waals surface area contributed by atoms with Crippen LogP contribution in [0, 0.1) is 0 Å². The molecule has 0 aliphatic carbocycles. The number of azide groups is 1. The monoisotopic (exact) mass is 399 g/mol. The summed E-state index contributed by atoms with van der Waals surface area (Å²) in [6, 6.07) is 0. The summed E-state index contributed by atoms with van der Waals surface area (Å²) < 4.78 is 6.40. The Bertz CT molecular complexity index is 636. The molecule has 1 N–H and O–H groups in total. The minimum Gasteiger partial charge on any atom is -0.481 e. The molecule has 138 valence electrons. The number of rotatable bonds is 10. The Labute approximate surface area is 154 Å². The lowest BCUT2D eigenvalue weighted by Crippen LogP contribution is -2.50. The van der Waals surface area contributed by atoms with Crippen LogP contribution in [0.3, 0.4) is 0 Å². The fourth-order valence-electron chi connectivity index (χ4n) is 2.63. The predicted octanol–water partition coefficient (Wildman–Crippen LogP) is 4.21. The molecule has 1 aromatic rings. The number of aromatic nitrogens is 2. The van der Waals surface area contributed by atoms with Crippen LogP contribution in [0.15, 0.2) is 22.7 Å². The van der Waals surface area contributed by atoms with Crippen LogP contribution in [0.1, 0.15) is 18.9 Å². The van der Waals surface area contributed by atoms with Gasteiger partial charge in [-0.3, -0.25) is 4.79 Å². The molecule has 11 heteroatoms. The van der Waals surface area contributed by atoms with E-state index in [9.17, 15) is 9.90 Å². The topological polar surface area (TPSA) is 121 Å². The third-order valence-electron chi connectivity index (χ3n) is 3.63. The highest BCUT2D eigenvalue weighted by Crippen LogP contribution is 2.31. The molecule has 25 heavy (non-hydrogen) atoms. The summed E-state index contributed by atoms with van der Waals surface area (Å²) in [7, 11) is -4.40. The largest absolute Gasteiger partial charge is 0.481 e. The van der Waals surface area contributed by atoms with E-state index in [0.29, 0.717) is 11.6 Å². The van der Waals surface area contributed by atoms with Gasteiger partial charge in [0, 0.05) is 22.7 Å². The first kappa shape index (κ1) is 21.6. The first-order chi connectivity index (χ1) is 11.6. The van der Waals surface area contributed by atoms with Gasteiger partial charge in [-0.25, -0.2) is 9.97 Å². The number of carboxylic acid groups (broad SMARTS) is 1. The summed E-state index contributed by atoms with van der Waals surface area (Å²) in [5.74, 6) is -0.768. The second-order valence-corrected chi connectivity index (χ2v) is 16.9. The van der Waals surface area contributed by atoms with Crippen molar-refractivity contribution in [2.45, 2.75) is 56.8 Å². The maximum absolute atomic E-state index is 11.5.